The van der Waals surface area contributed by atoms with E-state index in [-0.39, 0.29) is 6.10 Å². The van der Waals surface area contributed by atoms with Crippen molar-refractivity contribution >= 4 is 17.9 Å². The van der Waals surface area contributed by atoms with Crippen LogP contribution in [0.4, 0.5) is 11.6 Å². The highest BCUT2D eigenvalue weighted by Crippen LogP contribution is 2.22. The maximum atomic E-state index is 10.7. The largest absolute Gasteiger partial charge is 0.393 e. The number of carbonyl (C=O) groups excluding carboxylic acids is 1. The standard InChI is InChI=1S/C12H17N3O2/c13-11-5-8(7-16)6-12(15-11)14-9-1-3-10(17)4-2-9/h5-7,9-10,17H,1-4H2,(H3,13,14,15)/t9-,10-. The van der Waals surface area contributed by atoms with Gasteiger partial charge in [-0.1, -0.05) is 0 Å². The lowest BCUT2D eigenvalue weighted by molar-refractivity contribution is 0.112. The minimum atomic E-state index is -0.174. The summed E-state index contributed by atoms with van der Waals surface area (Å²) in [5, 5.41) is 12.7. The molecule has 92 valence electrons. The number of nitrogen functional groups attached to an aromatic ring is 1. The zero-order valence-electron chi connectivity index (χ0n) is 9.60. The lowest BCUT2D eigenvalue weighted by Gasteiger charge is -2.26. The van der Waals surface area contributed by atoms with Gasteiger partial charge in [0.2, 0.25) is 0 Å². The quantitative estimate of drug-likeness (QED) is 0.685. The molecule has 5 heteroatoms. The van der Waals surface area contributed by atoms with Gasteiger partial charge < -0.3 is 16.2 Å². The van der Waals surface area contributed by atoms with Crippen LogP contribution in [0.5, 0.6) is 0 Å². The number of anilines is 2. The number of aldehydes is 1. The van der Waals surface area contributed by atoms with E-state index in [0.717, 1.165) is 32.0 Å². The summed E-state index contributed by atoms with van der Waals surface area (Å²) in [4.78, 5) is 14.8. The van der Waals surface area contributed by atoms with E-state index < -0.39 is 0 Å². The van der Waals surface area contributed by atoms with Crippen molar-refractivity contribution in [1.82, 2.24) is 4.98 Å². The summed E-state index contributed by atoms with van der Waals surface area (Å²) in [6.07, 6.45) is 4.02. The van der Waals surface area contributed by atoms with E-state index in [0.29, 0.717) is 23.2 Å². The fraction of sp³-hybridized carbons (Fsp3) is 0.500. The number of aliphatic hydroxyl groups excluding tert-OH is 1. The van der Waals surface area contributed by atoms with Crippen LogP contribution in [0.2, 0.25) is 0 Å². The molecule has 0 atom stereocenters. The molecule has 0 radical (unpaired) electrons. The van der Waals surface area contributed by atoms with Crippen LogP contribution in [0, 0.1) is 0 Å². The number of pyridine rings is 1. The van der Waals surface area contributed by atoms with Crippen molar-refractivity contribution in [2.24, 2.45) is 0 Å². The Morgan fingerprint density at radius 3 is 2.71 bits per heavy atom. The summed E-state index contributed by atoms with van der Waals surface area (Å²) in [6, 6.07) is 3.53. The Kier molecular flexibility index (Phi) is 3.58. The number of hydrogen-bond acceptors (Lipinski definition) is 5. The third-order valence-electron chi connectivity index (χ3n) is 3.05. The highest BCUT2D eigenvalue weighted by Gasteiger charge is 2.19. The van der Waals surface area contributed by atoms with Crippen LogP contribution < -0.4 is 11.1 Å². The molecule has 0 spiro atoms. The zero-order valence-corrected chi connectivity index (χ0v) is 9.60. The van der Waals surface area contributed by atoms with Gasteiger partial charge in [-0.05, 0) is 37.8 Å². The van der Waals surface area contributed by atoms with E-state index in [1.165, 1.54) is 0 Å². The fourth-order valence-electron chi connectivity index (χ4n) is 2.15. The molecule has 1 aliphatic rings. The van der Waals surface area contributed by atoms with Crippen LogP contribution in [-0.2, 0) is 0 Å². The van der Waals surface area contributed by atoms with Gasteiger partial charge in [0.25, 0.3) is 0 Å². The summed E-state index contributed by atoms with van der Waals surface area (Å²) in [7, 11) is 0. The smallest absolute Gasteiger partial charge is 0.150 e. The molecule has 1 aromatic rings. The second-order valence-electron chi connectivity index (χ2n) is 4.48. The number of nitrogens with one attached hydrogen (secondary N) is 1. The molecule has 1 aliphatic carbocycles. The summed E-state index contributed by atoms with van der Waals surface area (Å²) in [5.74, 6) is 0.974. The molecular formula is C12H17N3O2. The highest BCUT2D eigenvalue weighted by molar-refractivity contribution is 5.77. The monoisotopic (exact) mass is 235 g/mol. The second kappa shape index (κ2) is 5.14. The third kappa shape index (κ3) is 3.17. The van der Waals surface area contributed by atoms with E-state index in [9.17, 15) is 9.90 Å². The van der Waals surface area contributed by atoms with Crippen LogP contribution in [0.3, 0.4) is 0 Å². The van der Waals surface area contributed by atoms with Crippen molar-refractivity contribution in [2.75, 3.05) is 11.1 Å². The van der Waals surface area contributed by atoms with E-state index in [1.807, 2.05) is 0 Å². The van der Waals surface area contributed by atoms with Gasteiger partial charge in [0.1, 0.15) is 17.9 Å². The highest BCUT2D eigenvalue weighted by atomic mass is 16.3. The number of carbonyl (C=O) groups is 1. The van der Waals surface area contributed by atoms with Crippen LogP contribution in [-0.4, -0.2) is 28.5 Å². The molecule has 0 aliphatic heterocycles. The van der Waals surface area contributed by atoms with Crippen LogP contribution in [0.1, 0.15) is 36.0 Å². The summed E-state index contributed by atoms with van der Waals surface area (Å²) < 4.78 is 0. The molecule has 5 nitrogen and oxygen atoms in total. The lowest BCUT2D eigenvalue weighted by Crippen LogP contribution is -2.28. The molecule has 2 rings (SSSR count). The predicted molar refractivity (Wildman–Crippen MR) is 65.9 cm³/mol. The normalized spacial score (nSPS) is 24.3. The Labute approximate surface area is 100 Å². The summed E-state index contributed by atoms with van der Waals surface area (Å²) in [6.45, 7) is 0. The van der Waals surface area contributed by atoms with E-state index >= 15 is 0 Å². The van der Waals surface area contributed by atoms with Gasteiger partial charge in [-0.2, -0.15) is 0 Å². The van der Waals surface area contributed by atoms with Crippen molar-refractivity contribution < 1.29 is 9.90 Å². The molecule has 0 amide bonds. The lowest BCUT2D eigenvalue weighted by atomic mass is 9.93. The molecule has 17 heavy (non-hydrogen) atoms. The average Bonchev–Trinajstić information content (AvgIpc) is 2.31. The van der Waals surface area contributed by atoms with Crippen LogP contribution in [0.25, 0.3) is 0 Å². The van der Waals surface area contributed by atoms with Gasteiger partial charge in [-0.25, -0.2) is 4.98 Å². The van der Waals surface area contributed by atoms with Crippen molar-refractivity contribution in [2.45, 2.75) is 37.8 Å². The maximum absolute atomic E-state index is 10.7. The Morgan fingerprint density at radius 2 is 2.06 bits per heavy atom. The molecule has 0 bridgehead atoms. The summed E-state index contributed by atoms with van der Waals surface area (Å²) >= 11 is 0. The first kappa shape index (κ1) is 11.9. The topological polar surface area (TPSA) is 88.2 Å². The first-order chi connectivity index (χ1) is 8.17. The molecule has 1 aromatic heterocycles. The van der Waals surface area contributed by atoms with Crippen molar-refractivity contribution in [3.05, 3.63) is 17.7 Å². The van der Waals surface area contributed by atoms with Crippen LogP contribution in [0.15, 0.2) is 12.1 Å². The molecule has 0 unspecified atom stereocenters. The SMILES string of the molecule is Nc1cc(C=O)cc(N[C@H]2CC[C@H](O)CC2)n1. The van der Waals surface area contributed by atoms with Gasteiger partial charge in [0.05, 0.1) is 6.10 Å². The first-order valence-corrected chi connectivity index (χ1v) is 5.84. The molecule has 1 saturated carbocycles. The van der Waals surface area contributed by atoms with Gasteiger partial charge in [0.15, 0.2) is 0 Å². The number of hydrogen-bond donors (Lipinski definition) is 3. The zero-order chi connectivity index (χ0) is 12.3. The van der Waals surface area contributed by atoms with Crippen molar-refractivity contribution in [3.63, 3.8) is 0 Å². The van der Waals surface area contributed by atoms with Crippen LogP contribution >= 0.6 is 0 Å². The van der Waals surface area contributed by atoms with Gasteiger partial charge in [-0.3, -0.25) is 4.79 Å². The minimum Gasteiger partial charge on any atom is -0.393 e. The number of rotatable bonds is 3. The molecule has 1 fully saturated rings. The van der Waals surface area contributed by atoms with Gasteiger partial charge in [0, 0.05) is 11.6 Å². The molecular weight excluding hydrogens is 218 g/mol. The minimum absolute atomic E-state index is 0.174. The Hall–Kier alpha value is -1.62. The number of aliphatic hydroxyl groups is 1. The molecule has 0 saturated heterocycles. The molecule has 4 N–H and O–H groups in total. The van der Waals surface area contributed by atoms with E-state index in [2.05, 4.69) is 10.3 Å². The second-order valence-corrected chi connectivity index (χ2v) is 4.48. The van der Waals surface area contributed by atoms with E-state index in [4.69, 9.17) is 5.73 Å². The van der Waals surface area contributed by atoms with Gasteiger partial charge >= 0.3 is 0 Å². The Morgan fingerprint density at radius 1 is 1.35 bits per heavy atom. The van der Waals surface area contributed by atoms with Gasteiger partial charge in [-0.15, -0.1) is 0 Å². The number of nitrogens with two attached hydrogens (primary N) is 1. The summed E-state index contributed by atoms with van der Waals surface area (Å²) in [5.41, 5.74) is 6.14. The Bertz CT molecular complexity index is 401. The number of nitrogens with zero attached hydrogens (tertiary/aromatic N) is 1. The Balaban J connectivity index is 2.03. The average molecular weight is 235 g/mol. The van der Waals surface area contributed by atoms with Crippen molar-refractivity contribution in [3.8, 4) is 0 Å². The van der Waals surface area contributed by atoms with E-state index in [1.54, 1.807) is 12.1 Å². The third-order valence-corrected chi connectivity index (χ3v) is 3.05. The predicted octanol–water partition coefficient (Wildman–Crippen LogP) is 1.19. The number of aromatic nitrogens is 1. The molecule has 0 aromatic carbocycles. The fourth-order valence-corrected chi connectivity index (χ4v) is 2.15. The molecule has 1 heterocycles. The maximum Gasteiger partial charge on any atom is 0.150 e. The van der Waals surface area contributed by atoms with Crippen molar-refractivity contribution in [1.29, 1.82) is 0 Å². The first-order valence-electron chi connectivity index (χ1n) is 5.84.